The van der Waals surface area contributed by atoms with Crippen molar-refractivity contribution in [2.45, 2.75) is 6.54 Å². The lowest BCUT2D eigenvalue weighted by Gasteiger charge is -2.34. The molecule has 0 spiro atoms. The molecule has 0 unspecified atom stereocenters. The van der Waals surface area contributed by atoms with Crippen molar-refractivity contribution < 1.29 is 9.64 Å². The molecule has 0 saturated carbocycles. The number of para-hydroxylation sites is 2. The second kappa shape index (κ2) is 8.30. The maximum atomic E-state index is 6.30. The zero-order chi connectivity index (χ0) is 18.6. The van der Waals surface area contributed by atoms with Crippen LogP contribution in [0, 0.1) is 0 Å². The summed E-state index contributed by atoms with van der Waals surface area (Å²) in [5.41, 5.74) is 3.36. The lowest BCUT2D eigenvalue weighted by molar-refractivity contribution is -0.914. The number of hydrogen-bond donors (Lipinski definition) is 1. The molecule has 0 bridgehead atoms. The summed E-state index contributed by atoms with van der Waals surface area (Å²) >= 11 is 7.98. The van der Waals surface area contributed by atoms with Gasteiger partial charge in [0.2, 0.25) is 0 Å². The van der Waals surface area contributed by atoms with Crippen molar-refractivity contribution in [3.05, 3.63) is 64.6 Å². The van der Waals surface area contributed by atoms with E-state index in [1.165, 1.54) is 5.69 Å². The van der Waals surface area contributed by atoms with Gasteiger partial charge < -0.3 is 14.5 Å². The normalized spacial score (nSPS) is 15.1. The largest absolute Gasteiger partial charge is 0.495 e. The molecular weight excluding hydrogens is 378 g/mol. The number of nitrogens with zero attached hydrogens (tertiary/aromatic N) is 2. The SMILES string of the molecule is COc1ccccc1N1CC[NH+](Cc2csc(-c3ccccc3Cl)n2)CC1. The van der Waals surface area contributed by atoms with E-state index in [0.717, 1.165) is 59.8 Å². The lowest BCUT2D eigenvalue weighted by atomic mass is 10.2. The van der Waals surface area contributed by atoms with Crippen molar-refractivity contribution in [3.8, 4) is 16.3 Å². The first kappa shape index (κ1) is 18.3. The quantitative estimate of drug-likeness (QED) is 0.712. The fourth-order valence-corrected chi connectivity index (χ4v) is 4.67. The Morgan fingerprint density at radius 2 is 1.85 bits per heavy atom. The summed E-state index contributed by atoms with van der Waals surface area (Å²) in [5, 5.41) is 3.93. The number of halogens is 1. The third-order valence-electron chi connectivity index (χ3n) is 4.98. The van der Waals surface area contributed by atoms with E-state index in [1.54, 1.807) is 23.3 Å². The number of hydrogen-bond acceptors (Lipinski definition) is 4. The summed E-state index contributed by atoms with van der Waals surface area (Å²) in [6.45, 7) is 5.20. The van der Waals surface area contributed by atoms with Gasteiger partial charge in [-0.1, -0.05) is 41.9 Å². The van der Waals surface area contributed by atoms with E-state index in [9.17, 15) is 0 Å². The molecule has 2 aromatic carbocycles. The number of methoxy groups -OCH3 is 1. The highest BCUT2D eigenvalue weighted by molar-refractivity contribution is 7.13. The summed E-state index contributed by atoms with van der Waals surface area (Å²) in [5.74, 6) is 0.949. The van der Waals surface area contributed by atoms with Gasteiger partial charge in [-0.3, -0.25) is 0 Å². The van der Waals surface area contributed by atoms with Gasteiger partial charge in [0.1, 0.15) is 23.0 Å². The Bertz CT molecular complexity index is 906. The standard InChI is InChI=1S/C21H22ClN3OS/c1-26-20-9-5-4-8-19(20)25-12-10-24(11-13-25)14-16-15-27-21(23-16)17-6-2-3-7-18(17)22/h2-9,15H,10-14H2,1H3/p+1. The van der Waals surface area contributed by atoms with Crippen molar-refractivity contribution in [1.82, 2.24) is 4.98 Å². The maximum absolute atomic E-state index is 6.30. The van der Waals surface area contributed by atoms with Crippen molar-refractivity contribution in [1.29, 1.82) is 0 Å². The van der Waals surface area contributed by atoms with Gasteiger partial charge in [0.05, 0.1) is 44.0 Å². The second-order valence-corrected chi connectivity index (χ2v) is 7.97. The monoisotopic (exact) mass is 400 g/mol. The van der Waals surface area contributed by atoms with Gasteiger partial charge in [0, 0.05) is 10.9 Å². The van der Waals surface area contributed by atoms with Crippen LogP contribution in [0.3, 0.4) is 0 Å². The van der Waals surface area contributed by atoms with Gasteiger partial charge >= 0.3 is 0 Å². The Morgan fingerprint density at radius 1 is 1.11 bits per heavy atom. The number of nitrogens with one attached hydrogen (secondary N) is 1. The first-order valence-electron chi connectivity index (χ1n) is 9.15. The highest BCUT2D eigenvalue weighted by atomic mass is 35.5. The predicted molar refractivity (Wildman–Crippen MR) is 112 cm³/mol. The molecule has 6 heteroatoms. The fraction of sp³-hybridized carbons (Fsp3) is 0.286. The second-order valence-electron chi connectivity index (χ2n) is 6.71. The summed E-state index contributed by atoms with van der Waals surface area (Å²) in [6, 6.07) is 16.2. The first-order chi connectivity index (χ1) is 13.2. The summed E-state index contributed by atoms with van der Waals surface area (Å²) < 4.78 is 5.51. The number of aromatic nitrogens is 1. The molecule has 3 aromatic rings. The first-order valence-corrected chi connectivity index (χ1v) is 10.4. The van der Waals surface area contributed by atoms with E-state index in [4.69, 9.17) is 21.3 Å². The van der Waals surface area contributed by atoms with Crippen LogP contribution in [0.4, 0.5) is 5.69 Å². The van der Waals surface area contributed by atoms with Crippen LogP contribution in [-0.2, 0) is 6.54 Å². The number of benzene rings is 2. The maximum Gasteiger partial charge on any atom is 0.142 e. The van der Waals surface area contributed by atoms with E-state index >= 15 is 0 Å². The molecule has 1 aliphatic rings. The zero-order valence-corrected chi connectivity index (χ0v) is 16.9. The lowest BCUT2D eigenvalue weighted by Crippen LogP contribution is -3.13. The minimum absolute atomic E-state index is 0.760. The van der Waals surface area contributed by atoms with E-state index in [0.29, 0.717) is 0 Å². The summed E-state index contributed by atoms with van der Waals surface area (Å²) in [6.07, 6.45) is 0. The Morgan fingerprint density at radius 3 is 2.63 bits per heavy atom. The molecule has 4 rings (SSSR count). The number of rotatable bonds is 5. The van der Waals surface area contributed by atoms with Crippen LogP contribution in [0.2, 0.25) is 5.02 Å². The molecular formula is C21H23ClN3OS+. The third-order valence-corrected chi connectivity index (χ3v) is 6.24. The van der Waals surface area contributed by atoms with E-state index in [1.807, 2.05) is 36.4 Å². The predicted octanol–water partition coefficient (Wildman–Crippen LogP) is 3.38. The third kappa shape index (κ3) is 4.10. The van der Waals surface area contributed by atoms with Crippen molar-refractivity contribution >= 4 is 28.6 Å². The van der Waals surface area contributed by atoms with Gasteiger partial charge in [0.15, 0.2) is 0 Å². The van der Waals surface area contributed by atoms with Gasteiger partial charge in [-0.2, -0.15) is 0 Å². The summed E-state index contributed by atoms with van der Waals surface area (Å²) in [4.78, 5) is 8.80. The highest BCUT2D eigenvalue weighted by Crippen LogP contribution is 2.30. The average Bonchev–Trinajstić information content (AvgIpc) is 3.17. The van der Waals surface area contributed by atoms with E-state index < -0.39 is 0 Å². The molecule has 1 N–H and O–H groups in total. The van der Waals surface area contributed by atoms with Gasteiger partial charge in [0.25, 0.3) is 0 Å². The molecule has 1 aromatic heterocycles. The minimum Gasteiger partial charge on any atom is -0.495 e. The van der Waals surface area contributed by atoms with Crippen molar-refractivity contribution in [2.24, 2.45) is 0 Å². The Labute approximate surface area is 169 Å². The van der Waals surface area contributed by atoms with Crippen LogP contribution in [-0.4, -0.2) is 38.3 Å². The zero-order valence-electron chi connectivity index (χ0n) is 15.3. The molecule has 2 heterocycles. The van der Waals surface area contributed by atoms with Gasteiger partial charge in [-0.05, 0) is 18.2 Å². The molecule has 4 nitrogen and oxygen atoms in total. The molecule has 1 saturated heterocycles. The van der Waals surface area contributed by atoms with Crippen LogP contribution in [0.1, 0.15) is 5.69 Å². The molecule has 0 amide bonds. The number of ether oxygens (including phenoxy) is 1. The Hall–Kier alpha value is -2.08. The number of quaternary nitrogens is 1. The van der Waals surface area contributed by atoms with Crippen LogP contribution in [0.25, 0.3) is 10.6 Å². The molecule has 1 fully saturated rings. The minimum atomic E-state index is 0.760. The Balaban J connectivity index is 1.38. The number of piperazine rings is 1. The van der Waals surface area contributed by atoms with E-state index in [2.05, 4.69) is 22.4 Å². The molecule has 1 aliphatic heterocycles. The molecule has 0 atom stereocenters. The van der Waals surface area contributed by atoms with Gasteiger partial charge in [-0.25, -0.2) is 4.98 Å². The van der Waals surface area contributed by atoms with Crippen molar-refractivity contribution in [2.75, 3.05) is 38.2 Å². The topological polar surface area (TPSA) is 29.8 Å². The van der Waals surface area contributed by atoms with Gasteiger partial charge in [-0.15, -0.1) is 11.3 Å². The highest BCUT2D eigenvalue weighted by Gasteiger charge is 2.23. The van der Waals surface area contributed by atoms with Crippen LogP contribution >= 0.6 is 22.9 Å². The van der Waals surface area contributed by atoms with Crippen molar-refractivity contribution in [3.63, 3.8) is 0 Å². The number of thiazole rings is 1. The number of anilines is 1. The fourth-order valence-electron chi connectivity index (χ4n) is 3.53. The molecule has 0 aliphatic carbocycles. The van der Waals surface area contributed by atoms with E-state index in [-0.39, 0.29) is 0 Å². The van der Waals surface area contributed by atoms with Crippen LogP contribution in [0.15, 0.2) is 53.9 Å². The van der Waals surface area contributed by atoms with Crippen LogP contribution in [0.5, 0.6) is 5.75 Å². The summed E-state index contributed by atoms with van der Waals surface area (Å²) in [7, 11) is 1.74. The van der Waals surface area contributed by atoms with Crippen LogP contribution < -0.4 is 14.5 Å². The average molecular weight is 401 g/mol. The molecule has 140 valence electrons. The smallest absolute Gasteiger partial charge is 0.142 e. The Kier molecular flexibility index (Phi) is 5.62. The molecule has 0 radical (unpaired) electrons. The molecule has 27 heavy (non-hydrogen) atoms.